The third-order valence-electron chi connectivity index (χ3n) is 7.20. The number of ether oxygens (including phenoxy) is 2. The molecule has 2 aliphatic rings. The van der Waals surface area contributed by atoms with Crippen molar-refractivity contribution in [2.75, 3.05) is 17.2 Å². The van der Waals surface area contributed by atoms with E-state index in [0.717, 1.165) is 6.07 Å². The van der Waals surface area contributed by atoms with Crippen molar-refractivity contribution in [1.82, 2.24) is 25.0 Å². The highest BCUT2D eigenvalue weighted by molar-refractivity contribution is 6.18. The lowest BCUT2D eigenvalue weighted by molar-refractivity contribution is -0.125. The molecule has 13 nitrogen and oxygen atoms in total. The molecular formula is C29H26ClFN8O5. The summed E-state index contributed by atoms with van der Waals surface area (Å²) in [5.41, 5.74) is -3.46. The van der Waals surface area contributed by atoms with Crippen molar-refractivity contribution in [3.05, 3.63) is 45.8 Å². The second kappa shape index (κ2) is 10.0. The molecule has 2 N–H and O–H groups in total. The Balaban J connectivity index is 1.65. The topological polar surface area (TPSA) is 168 Å². The van der Waals surface area contributed by atoms with Gasteiger partial charge in [0.05, 0.1) is 45.8 Å². The van der Waals surface area contributed by atoms with Crippen LogP contribution in [0.1, 0.15) is 49.0 Å². The van der Waals surface area contributed by atoms with Crippen LogP contribution in [-0.2, 0) is 22.5 Å². The molecule has 1 spiro atoms. The lowest BCUT2D eigenvalue weighted by atomic mass is 9.96. The summed E-state index contributed by atoms with van der Waals surface area (Å²) >= 11 is 6.16. The highest BCUT2D eigenvalue weighted by atomic mass is 35.5. The Morgan fingerprint density at radius 2 is 2.11 bits per heavy atom. The minimum absolute atomic E-state index is 0.0112. The van der Waals surface area contributed by atoms with Crippen LogP contribution in [-0.4, -0.2) is 55.1 Å². The van der Waals surface area contributed by atoms with Crippen LogP contribution in [0.15, 0.2) is 23.1 Å². The molecule has 226 valence electrons. The third-order valence-corrected chi connectivity index (χ3v) is 7.46. The van der Waals surface area contributed by atoms with Crippen molar-refractivity contribution in [3.63, 3.8) is 0 Å². The first kappa shape index (κ1) is 25.5. The molecule has 6 rings (SSSR count). The summed E-state index contributed by atoms with van der Waals surface area (Å²) in [6.07, 6.45) is 0.820. The Morgan fingerprint density at radius 3 is 2.75 bits per heavy atom. The zero-order valence-electron chi connectivity index (χ0n) is 26.8. The number of halogens is 2. The fourth-order valence-electron chi connectivity index (χ4n) is 5.02. The maximum Gasteiger partial charge on any atom is 0.415 e. The molecule has 1 aromatic carbocycles. The Labute approximate surface area is 258 Å². The predicted octanol–water partition coefficient (Wildman–Crippen LogP) is 4.37. The number of nitrogens with zero attached hydrogens (tertiary/aromatic N) is 6. The van der Waals surface area contributed by atoms with Crippen LogP contribution in [0.25, 0.3) is 33.3 Å². The molecule has 2 amide bonds. The molecular weight excluding hydrogens is 595 g/mol. The number of aromatic amines is 1. The van der Waals surface area contributed by atoms with Crippen molar-refractivity contribution < 1.29 is 27.6 Å². The number of hydrogen-bond acceptors (Lipinski definition) is 9. The molecule has 0 saturated heterocycles. The number of benzene rings is 1. The van der Waals surface area contributed by atoms with E-state index in [1.54, 1.807) is 0 Å². The summed E-state index contributed by atoms with van der Waals surface area (Å²) < 4.78 is 53.3. The van der Waals surface area contributed by atoms with Crippen molar-refractivity contribution >= 4 is 45.9 Å². The second-order valence-electron chi connectivity index (χ2n) is 11.4. The van der Waals surface area contributed by atoms with Gasteiger partial charge in [0.1, 0.15) is 23.1 Å². The Morgan fingerprint density at radius 1 is 1.36 bits per heavy atom. The van der Waals surface area contributed by atoms with Crippen molar-refractivity contribution in [3.8, 4) is 34.3 Å². The number of anilines is 2. The summed E-state index contributed by atoms with van der Waals surface area (Å²) in [6, 6.07) is 4.40. The van der Waals surface area contributed by atoms with E-state index in [0.29, 0.717) is 12.8 Å². The maximum absolute atomic E-state index is 16.0. The number of rotatable bonds is 4. The molecule has 0 atom stereocenters. The number of carbonyl (C=O) groups excluding carboxylic acids is 2. The van der Waals surface area contributed by atoms with Gasteiger partial charge in [-0.15, -0.1) is 11.6 Å². The zero-order chi connectivity index (χ0) is 34.2. The van der Waals surface area contributed by atoms with Crippen molar-refractivity contribution in [2.24, 2.45) is 7.05 Å². The molecule has 1 fully saturated rings. The monoisotopic (exact) mass is 623 g/mol. The minimum Gasteiger partial charge on any atom is -0.474 e. The van der Waals surface area contributed by atoms with E-state index in [9.17, 15) is 19.6 Å². The number of carbonyl (C=O) groups is 2. The Bertz CT molecular complexity index is 2110. The van der Waals surface area contributed by atoms with Crippen LogP contribution in [0.4, 0.5) is 20.7 Å². The number of amides is 2. The lowest BCUT2D eigenvalue weighted by Gasteiger charge is -2.27. The molecule has 44 heavy (non-hydrogen) atoms. The van der Waals surface area contributed by atoms with Crippen LogP contribution >= 0.6 is 11.6 Å². The number of nitrogens with one attached hydrogen (secondary N) is 2. The van der Waals surface area contributed by atoms with E-state index in [1.165, 1.54) is 44.8 Å². The van der Waals surface area contributed by atoms with E-state index in [1.807, 2.05) is 6.07 Å². The molecule has 1 aliphatic heterocycles. The average Bonchev–Trinajstić information content (AvgIpc) is 3.64. The fraction of sp³-hybridized carbons (Fsp3) is 0.345. The lowest BCUT2D eigenvalue weighted by Crippen LogP contribution is -2.39. The number of aryl methyl sites for hydroxylation is 1. The number of hydrogen-bond donors (Lipinski definition) is 2. The second-order valence-corrected chi connectivity index (χ2v) is 11.6. The van der Waals surface area contributed by atoms with Gasteiger partial charge in [-0.05, 0) is 26.8 Å². The van der Waals surface area contributed by atoms with Gasteiger partial charge in [-0.2, -0.15) is 15.5 Å². The van der Waals surface area contributed by atoms with Gasteiger partial charge in [0, 0.05) is 48.0 Å². The van der Waals surface area contributed by atoms with E-state index in [-0.39, 0.29) is 66.8 Å². The van der Waals surface area contributed by atoms with Gasteiger partial charge < -0.3 is 14.8 Å². The van der Waals surface area contributed by atoms with Gasteiger partial charge >= 0.3 is 6.09 Å². The standard InChI is InChI=1S/C29H26ClFN8O5/c1-28(2,3)44-27(42)38(4)24-21-13(19(10-30)36-37-25(21)40)8-17(34-24)15-12-33-39(5)22(15)20-14(11-32)23-18(9-16(20)31)35-26(41)29(43-23)6-7-29/h8-9,12H,6-7,10H2,1-5H3,(H,35,41)(H,37,40)/i4D3. The summed E-state index contributed by atoms with van der Waals surface area (Å²) in [7, 11) is 1.48. The van der Waals surface area contributed by atoms with Crippen molar-refractivity contribution in [2.45, 2.75) is 50.7 Å². The number of aromatic nitrogens is 5. The highest BCUT2D eigenvalue weighted by Crippen LogP contribution is 2.51. The molecule has 1 aliphatic carbocycles. The van der Waals surface area contributed by atoms with E-state index < -0.39 is 47.4 Å². The normalized spacial score (nSPS) is 16.2. The summed E-state index contributed by atoms with van der Waals surface area (Å²) in [4.78, 5) is 43.9. The first-order valence-corrected chi connectivity index (χ1v) is 13.8. The SMILES string of the molecule is [2H]C([2H])([2H])N(C(=O)OC(C)(C)C)c1nc(-c2cnn(C)c2-c2c(F)cc3c(c2C#N)OC2(CC2)C(=O)N3)cc2c(CCl)n[nH]c(=O)c12. The number of pyridine rings is 1. The summed E-state index contributed by atoms with van der Waals surface area (Å²) in [6.45, 7) is 1.41. The minimum atomic E-state index is -3.20. The zero-order valence-corrected chi connectivity index (χ0v) is 24.6. The summed E-state index contributed by atoms with van der Waals surface area (Å²) in [5, 5.41) is 23.1. The van der Waals surface area contributed by atoms with Gasteiger partial charge in [-0.25, -0.2) is 19.3 Å². The van der Waals surface area contributed by atoms with Crippen LogP contribution in [0, 0.1) is 17.1 Å². The summed E-state index contributed by atoms with van der Waals surface area (Å²) in [5.74, 6) is -2.19. The Hall–Kier alpha value is -5.03. The average molecular weight is 624 g/mol. The molecule has 4 heterocycles. The van der Waals surface area contributed by atoms with Gasteiger partial charge in [0.15, 0.2) is 17.2 Å². The number of fused-ring (bicyclic) bond motifs is 2. The number of alkyl halides is 1. The van der Waals surface area contributed by atoms with Crippen LogP contribution in [0.5, 0.6) is 5.75 Å². The van der Waals surface area contributed by atoms with E-state index in [4.69, 9.17) is 25.2 Å². The van der Waals surface area contributed by atoms with Gasteiger partial charge in [-0.1, -0.05) is 0 Å². The van der Waals surface area contributed by atoms with Gasteiger partial charge in [-0.3, -0.25) is 19.2 Å². The molecule has 4 aromatic rings. The van der Waals surface area contributed by atoms with Gasteiger partial charge in [0.2, 0.25) is 0 Å². The molecule has 0 bridgehead atoms. The van der Waals surface area contributed by atoms with E-state index >= 15 is 4.39 Å². The van der Waals surface area contributed by atoms with Crippen LogP contribution in [0.2, 0.25) is 0 Å². The van der Waals surface area contributed by atoms with E-state index in [2.05, 4.69) is 25.6 Å². The largest absolute Gasteiger partial charge is 0.474 e. The Kier molecular flexibility index (Phi) is 5.80. The van der Waals surface area contributed by atoms with Crippen molar-refractivity contribution in [1.29, 1.82) is 5.26 Å². The third kappa shape index (κ3) is 4.60. The molecule has 15 heteroatoms. The van der Waals surface area contributed by atoms with Crippen LogP contribution < -0.4 is 20.5 Å². The number of nitriles is 1. The molecule has 1 saturated carbocycles. The quantitative estimate of drug-likeness (QED) is 0.314. The molecule has 0 unspecified atom stereocenters. The number of H-pyrrole nitrogens is 1. The fourth-order valence-corrected chi connectivity index (χ4v) is 5.23. The first-order valence-electron chi connectivity index (χ1n) is 14.8. The maximum atomic E-state index is 16.0. The van der Waals surface area contributed by atoms with Crippen LogP contribution in [0.3, 0.4) is 0 Å². The highest BCUT2D eigenvalue weighted by Gasteiger charge is 2.56. The predicted molar refractivity (Wildman–Crippen MR) is 158 cm³/mol. The van der Waals surface area contributed by atoms with Gasteiger partial charge in [0.25, 0.3) is 11.5 Å². The molecule has 3 aromatic heterocycles. The smallest absolute Gasteiger partial charge is 0.415 e. The molecule has 0 radical (unpaired) electrons. The first-order chi connectivity index (χ1) is 22.0.